The summed E-state index contributed by atoms with van der Waals surface area (Å²) in [5.74, 6) is 0.362. The zero-order valence-corrected chi connectivity index (χ0v) is 12.2. The molecule has 0 atom stereocenters. The molecule has 0 radical (unpaired) electrons. The lowest BCUT2D eigenvalue weighted by atomic mass is 10.1. The number of hydrogen-bond acceptors (Lipinski definition) is 7. The third-order valence-electron chi connectivity index (χ3n) is 2.73. The quantitative estimate of drug-likeness (QED) is 0.781. The van der Waals surface area contributed by atoms with Gasteiger partial charge in [-0.25, -0.2) is 18.5 Å². The van der Waals surface area contributed by atoms with Crippen molar-refractivity contribution in [3.05, 3.63) is 24.5 Å². The van der Waals surface area contributed by atoms with Crippen LogP contribution in [0.1, 0.15) is 0 Å². The van der Waals surface area contributed by atoms with Crippen LogP contribution in [0, 0.1) is 0 Å². The predicted octanol–water partition coefficient (Wildman–Crippen LogP) is 0.390. The Bertz CT molecular complexity index is 777. The highest BCUT2D eigenvalue weighted by Gasteiger charge is 2.22. The van der Waals surface area contributed by atoms with Gasteiger partial charge in [0.05, 0.1) is 19.1 Å². The van der Waals surface area contributed by atoms with Gasteiger partial charge >= 0.3 is 0 Å². The lowest BCUT2D eigenvalue weighted by Crippen LogP contribution is -2.14. The van der Waals surface area contributed by atoms with Crippen LogP contribution in [0.2, 0.25) is 0 Å². The van der Waals surface area contributed by atoms with E-state index in [2.05, 4.69) is 9.97 Å². The standard InChI is InChI=1S/C12H14N4O4S/c1-19-11-10(15-6-16-12(11)20-2)8-5-7(13)3-4-9(8)21(14,17)18/h3-6H,13H2,1-2H3,(H2,14,17,18). The molecule has 2 rings (SSSR count). The number of hydrogen-bond donors (Lipinski definition) is 2. The average Bonchev–Trinajstić information content (AvgIpc) is 2.44. The van der Waals surface area contributed by atoms with Crippen molar-refractivity contribution in [1.82, 2.24) is 9.97 Å². The molecule has 1 aromatic carbocycles. The van der Waals surface area contributed by atoms with Gasteiger partial charge in [-0.15, -0.1) is 0 Å². The summed E-state index contributed by atoms with van der Waals surface area (Å²) >= 11 is 0. The molecule has 8 nitrogen and oxygen atoms in total. The maximum absolute atomic E-state index is 11.7. The van der Waals surface area contributed by atoms with E-state index in [0.717, 1.165) is 0 Å². The molecule has 9 heteroatoms. The Morgan fingerprint density at radius 1 is 1.14 bits per heavy atom. The van der Waals surface area contributed by atoms with E-state index >= 15 is 0 Å². The summed E-state index contributed by atoms with van der Waals surface area (Å²) in [5.41, 5.74) is 6.52. The van der Waals surface area contributed by atoms with Crippen LogP contribution in [0.15, 0.2) is 29.4 Å². The lowest BCUT2D eigenvalue weighted by Gasteiger charge is -2.13. The smallest absolute Gasteiger partial charge is 0.260 e. The topological polar surface area (TPSA) is 130 Å². The van der Waals surface area contributed by atoms with Gasteiger partial charge in [0.2, 0.25) is 15.8 Å². The number of ether oxygens (including phenoxy) is 2. The molecule has 1 heterocycles. The maximum Gasteiger partial charge on any atom is 0.260 e. The molecule has 0 amide bonds. The molecular formula is C12H14N4O4S. The second kappa shape index (κ2) is 5.54. The van der Waals surface area contributed by atoms with E-state index in [1.807, 2.05) is 0 Å². The Kier molecular flexibility index (Phi) is 3.96. The van der Waals surface area contributed by atoms with Crippen molar-refractivity contribution in [1.29, 1.82) is 0 Å². The predicted molar refractivity (Wildman–Crippen MR) is 76.4 cm³/mol. The summed E-state index contributed by atoms with van der Waals surface area (Å²) in [6.45, 7) is 0. The fraction of sp³-hybridized carbons (Fsp3) is 0.167. The zero-order chi connectivity index (χ0) is 15.6. The molecular weight excluding hydrogens is 296 g/mol. The number of anilines is 1. The van der Waals surface area contributed by atoms with Crippen molar-refractivity contribution in [2.24, 2.45) is 5.14 Å². The molecule has 0 fully saturated rings. The summed E-state index contributed by atoms with van der Waals surface area (Å²) in [7, 11) is -1.15. The molecule has 0 bridgehead atoms. The summed E-state index contributed by atoms with van der Waals surface area (Å²) < 4.78 is 33.7. The van der Waals surface area contributed by atoms with Crippen LogP contribution in [-0.2, 0) is 10.0 Å². The summed E-state index contributed by atoms with van der Waals surface area (Å²) in [6.07, 6.45) is 1.23. The summed E-state index contributed by atoms with van der Waals surface area (Å²) in [5, 5.41) is 5.22. The minimum Gasteiger partial charge on any atom is -0.490 e. The van der Waals surface area contributed by atoms with Crippen LogP contribution >= 0.6 is 0 Å². The first-order valence-corrected chi connectivity index (χ1v) is 7.28. The van der Waals surface area contributed by atoms with Gasteiger partial charge in [-0.05, 0) is 18.2 Å². The molecule has 0 spiro atoms. The van der Waals surface area contributed by atoms with Crippen molar-refractivity contribution >= 4 is 15.7 Å². The second-order valence-electron chi connectivity index (χ2n) is 4.07. The molecule has 1 aromatic heterocycles. The largest absolute Gasteiger partial charge is 0.490 e. The maximum atomic E-state index is 11.7. The lowest BCUT2D eigenvalue weighted by molar-refractivity contribution is 0.342. The van der Waals surface area contributed by atoms with E-state index in [1.165, 1.54) is 38.7 Å². The molecule has 0 unspecified atom stereocenters. The van der Waals surface area contributed by atoms with Gasteiger partial charge in [-0.3, -0.25) is 0 Å². The van der Waals surface area contributed by atoms with Gasteiger partial charge < -0.3 is 15.2 Å². The number of nitrogens with two attached hydrogens (primary N) is 2. The van der Waals surface area contributed by atoms with Gasteiger partial charge in [0.25, 0.3) is 5.88 Å². The van der Waals surface area contributed by atoms with Crippen LogP contribution in [0.3, 0.4) is 0 Å². The van der Waals surface area contributed by atoms with E-state index in [0.29, 0.717) is 5.69 Å². The monoisotopic (exact) mass is 310 g/mol. The number of sulfonamides is 1. The van der Waals surface area contributed by atoms with Crippen molar-refractivity contribution in [3.8, 4) is 22.9 Å². The molecule has 21 heavy (non-hydrogen) atoms. The van der Waals surface area contributed by atoms with Crippen molar-refractivity contribution < 1.29 is 17.9 Å². The summed E-state index contributed by atoms with van der Waals surface area (Å²) in [4.78, 5) is 7.84. The summed E-state index contributed by atoms with van der Waals surface area (Å²) in [6, 6.07) is 4.20. The highest BCUT2D eigenvalue weighted by atomic mass is 32.2. The SMILES string of the molecule is COc1ncnc(-c2cc(N)ccc2S(N)(=O)=O)c1OC. The molecule has 2 aromatic rings. The molecule has 0 aliphatic heterocycles. The molecule has 112 valence electrons. The Balaban J connectivity index is 2.81. The van der Waals surface area contributed by atoms with Crippen molar-refractivity contribution in [2.45, 2.75) is 4.90 Å². The minimum absolute atomic E-state index is 0.115. The van der Waals surface area contributed by atoms with Gasteiger partial charge in [0, 0.05) is 11.3 Å². The average molecular weight is 310 g/mol. The van der Waals surface area contributed by atoms with Gasteiger partial charge in [-0.2, -0.15) is 4.98 Å². The molecule has 0 saturated heterocycles. The molecule has 4 N–H and O–H groups in total. The van der Waals surface area contributed by atoms with Crippen molar-refractivity contribution in [2.75, 3.05) is 20.0 Å². The fourth-order valence-corrected chi connectivity index (χ4v) is 2.58. The number of primary sulfonamides is 1. The van der Waals surface area contributed by atoms with Gasteiger partial charge in [0.15, 0.2) is 0 Å². The fourth-order valence-electron chi connectivity index (χ4n) is 1.86. The van der Waals surface area contributed by atoms with Gasteiger partial charge in [0.1, 0.15) is 12.0 Å². The van der Waals surface area contributed by atoms with Crippen LogP contribution in [-0.4, -0.2) is 32.6 Å². The third-order valence-corrected chi connectivity index (χ3v) is 3.70. The number of methoxy groups -OCH3 is 2. The zero-order valence-electron chi connectivity index (χ0n) is 11.4. The van der Waals surface area contributed by atoms with Crippen LogP contribution in [0.25, 0.3) is 11.3 Å². The Morgan fingerprint density at radius 2 is 1.86 bits per heavy atom. The third kappa shape index (κ3) is 2.88. The molecule has 0 aliphatic carbocycles. The Morgan fingerprint density at radius 3 is 2.43 bits per heavy atom. The Hall–Kier alpha value is -2.39. The van der Waals surface area contributed by atoms with Crippen LogP contribution in [0.4, 0.5) is 5.69 Å². The second-order valence-corrected chi connectivity index (χ2v) is 5.60. The molecule has 0 aliphatic rings. The highest BCUT2D eigenvalue weighted by Crippen LogP contribution is 2.37. The number of rotatable bonds is 4. The molecule has 0 saturated carbocycles. The first-order chi connectivity index (χ1) is 9.88. The van der Waals surface area contributed by atoms with Crippen LogP contribution in [0.5, 0.6) is 11.6 Å². The van der Waals surface area contributed by atoms with E-state index in [9.17, 15) is 8.42 Å². The normalized spacial score (nSPS) is 11.2. The highest BCUT2D eigenvalue weighted by molar-refractivity contribution is 7.89. The number of benzene rings is 1. The minimum atomic E-state index is -3.96. The van der Waals surface area contributed by atoms with E-state index in [1.54, 1.807) is 0 Å². The van der Waals surface area contributed by atoms with Crippen LogP contribution < -0.4 is 20.3 Å². The van der Waals surface area contributed by atoms with E-state index in [4.69, 9.17) is 20.3 Å². The van der Waals surface area contributed by atoms with E-state index < -0.39 is 10.0 Å². The number of aromatic nitrogens is 2. The first kappa shape index (κ1) is 15.0. The van der Waals surface area contributed by atoms with Crippen molar-refractivity contribution in [3.63, 3.8) is 0 Å². The number of nitrogens with zero attached hydrogens (tertiary/aromatic N) is 2. The van der Waals surface area contributed by atoms with E-state index in [-0.39, 0.29) is 27.8 Å². The Labute approximate surface area is 121 Å². The first-order valence-electron chi connectivity index (χ1n) is 5.74. The van der Waals surface area contributed by atoms with Gasteiger partial charge in [-0.1, -0.05) is 0 Å². The number of nitrogen functional groups attached to an aromatic ring is 1.